The molecule has 21 heavy (non-hydrogen) atoms. The third kappa shape index (κ3) is 5.07. The number of aryl methyl sites for hydroxylation is 1. The first kappa shape index (κ1) is 16.4. The Balaban J connectivity index is 1.80. The highest BCUT2D eigenvalue weighted by molar-refractivity contribution is 7.89. The second kappa shape index (κ2) is 7.35. The standard InChI is InChI=1S/C15H24N2O3S/c1-12-3-6-15(9-14(12)10-16)21(18,19)17-7-2-8-20-11-13-4-5-13/h3,6,9,13,17H,2,4-5,7-8,10-11,16H2,1H3. The number of ether oxygens (including phenoxy) is 1. The van der Waals surface area contributed by atoms with Crippen molar-refractivity contribution in [3.05, 3.63) is 29.3 Å². The van der Waals surface area contributed by atoms with Crippen LogP contribution in [0.25, 0.3) is 0 Å². The molecule has 0 atom stereocenters. The summed E-state index contributed by atoms with van der Waals surface area (Å²) in [5, 5.41) is 0. The SMILES string of the molecule is Cc1ccc(S(=O)(=O)NCCCOCC2CC2)cc1CN. The molecule has 0 radical (unpaired) electrons. The van der Waals surface area contributed by atoms with Crippen molar-refractivity contribution < 1.29 is 13.2 Å². The van der Waals surface area contributed by atoms with E-state index in [2.05, 4.69) is 4.72 Å². The number of benzene rings is 1. The second-order valence-electron chi connectivity index (χ2n) is 5.56. The van der Waals surface area contributed by atoms with Gasteiger partial charge in [-0.3, -0.25) is 0 Å². The van der Waals surface area contributed by atoms with Gasteiger partial charge >= 0.3 is 0 Å². The van der Waals surface area contributed by atoms with E-state index in [1.54, 1.807) is 18.2 Å². The predicted molar refractivity (Wildman–Crippen MR) is 82.4 cm³/mol. The van der Waals surface area contributed by atoms with Crippen molar-refractivity contribution in [3.8, 4) is 0 Å². The van der Waals surface area contributed by atoms with Crippen LogP contribution in [0.1, 0.15) is 30.4 Å². The maximum atomic E-state index is 12.2. The van der Waals surface area contributed by atoms with Crippen LogP contribution in [-0.4, -0.2) is 28.2 Å². The number of rotatable bonds is 9. The van der Waals surface area contributed by atoms with Gasteiger partial charge in [0.05, 0.1) is 4.90 Å². The molecule has 1 aromatic carbocycles. The first-order chi connectivity index (χ1) is 10.0. The average molecular weight is 312 g/mol. The van der Waals surface area contributed by atoms with Gasteiger partial charge in [-0.1, -0.05) is 6.07 Å². The van der Waals surface area contributed by atoms with Crippen LogP contribution in [-0.2, 0) is 21.3 Å². The number of nitrogens with one attached hydrogen (secondary N) is 1. The Kier molecular flexibility index (Phi) is 5.75. The molecule has 0 bridgehead atoms. The van der Waals surface area contributed by atoms with Crippen LogP contribution in [0.2, 0.25) is 0 Å². The van der Waals surface area contributed by atoms with Crippen molar-refractivity contribution in [2.45, 2.75) is 37.6 Å². The van der Waals surface area contributed by atoms with Crippen LogP contribution in [0.3, 0.4) is 0 Å². The summed E-state index contributed by atoms with van der Waals surface area (Å²) >= 11 is 0. The normalized spacial score (nSPS) is 15.3. The largest absolute Gasteiger partial charge is 0.381 e. The highest BCUT2D eigenvalue weighted by atomic mass is 32.2. The molecule has 3 N–H and O–H groups in total. The van der Waals surface area contributed by atoms with E-state index in [4.69, 9.17) is 10.5 Å². The van der Waals surface area contributed by atoms with Crippen LogP contribution in [0, 0.1) is 12.8 Å². The molecule has 0 spiro atoms. The Labute approximate surface area is 126 Å². The Hall–Kier alpha value is -0.950. The molecule has 0 aromatic heterocycles. The summed E-state index contributed by atoms with van der Waals surface area (Å²) in [7, 11) is -3.46. The highest BCUT2D eigenvalue weighted by Gasteiger charge is 2.21. The molecule has 1 saturated carbocycles. The van der Waals surface area contributed by atoms with Gasteiger partial charge in [0.1, 0.15) is 0 Å². The summed E-state index contributed by atoms with van der Waals surface area (Å²) in [6.07, 6.45) is 3.22. The monoisotopic (exact) mass is 312 g/mol. The van der Waals surface area contributed by atoms with E-state index in [0.717, 1.165) is 23.7 Å². The van der Waals surface area contributed by atoms with Gasteiger partial charge < -0.3 is 10.5 Å². The Morgan fingerprint density at radius 1 is 1.38 bits per heavy atom. The first-order valence-corrected chi connectivity index (χ1v) is 8.88. The summed E-state index contributed by atoms with van der Waals surface area (Å²) in [5.41, 5.74) is 7.47. The van der Waals surface area contributed by atoms with Crippen molar-refractivity contribution >= 4 is 10.0 Å². The van der Waals surface area contributed by atoms with Crippen LogP contribution in [0.15, 0.2) is 23.1 Å². The fourth-order valence-electron chi connectivity index (χ4n) is 2.03. The van der Waals surface area contributed by atoms with Crippen molar-refractivity contribution in [2.75, 3.05) is 19.8 Å². The summed E-state index contributed by atoms with van der Waals surface area (Å²) < 4.78 is 32.4. The minimum absolute atomic E-state index is 0.271. The summed E-state index contributed by atoms with van der Waals surface area (Å²) in [5.74, 6) is 0.740. The maximum absolute atomic E-state index is 12.2. The lowest BCUT2D eigenvalue weighted by Gasteiger charge is -2.10. The van der Waals surface area contributed by atoms with Gasteiger partial charge in [-0.15, -0.1) is 0 Å². The van der Waals surface area contributed by atoms with Crippen LogP contribution in [0.5, 0.6) is 0 Å². The smallest absolute Gasteiger partial charge is 0.240 e. The van der Waals surface area contributed by atoms with Crippen LogP contribution >= 0.6 is 0 Å². The third-order valence-electron chi connectivity index (χ3n) is 3.66. The van der Waals surface area contributed by atoms with E-state index in [1.165, 1.54) is 12.8 Å². The molecule has 0 aliphatic heterocycles. The van der Waals surface area contributed by atoms with E-state index < -0.39 is 10.0 Å². The molecule has 118 valence electrons. The zero-order chi connectivity index (χ0) is 15.3. The van der Waals surface area contributed by atoms with E-state index in [-0.39, 0.29) is 4.90 Å². The molecule has 6 heteroatoms. The fourth-order valence-corrected chi connectivity index (χ4v) is 3.16. The quantitative estimate of drug-likeness (QED) is 0.678. The van der Waals surface area contributed by atoms with E-state index in [0.29, 0.717) is 26.1 Å². The lowest BCUT2D eigenvalue weighted by molar-refractivity contribution is 0.123. The average Bonchev–Trinajstić information content (AvgIpc) is 3.27. The van der Waals surface area contributed by atoms with Gasteiger partial charge in [0, 0.05) is 26.3 Å². The van der Waals surface area contributed by atoms with Gasteiger partial charge in [0.15, 0.2) is 0 Å². The molecule has 2 rings (SSSR count). The lowest BCUT2D eigenvalue weighted by atomic mass is 10.1. The predicted octanol–water partition coefficient (Wildman–Crippen LogP) is 1.55. The molecule has 0 unspecified atom stereocenters. The Morgan fingerprint density at radius 3 is 2.81 bits per heavy atom. The molecular formula is C15H24N2O3S. The molecule has 5 nitrogen and oxygen atoms in total. The summed E-state index contributed by atoms with van der Waals surface area (Å²) in [4.78, 5) is 0.271. The van der Waals surface area contributed by atoms with Crippen LogP contribution < -0.4 is 10.5 Å². The van der Waals surface area contributed by atoms with Gasteiger partial charge in [0.2, 0.25) is 10.0 Å². The molecule has 0 heterocycles. The molecule has 1 aliphatic rings. The zero-order valence-corrected chi connectivity index (χ0v) is 13.3. The summed E-state index contributed by atoms with van der Waals surface area (Å²) in [6, 6.07) is 5.04. The number of hydrogen-bond donors (Lipinski definition) is 2. The van der Waals surface area contributed by atoms with Crippen molar-refractivity contribution in [3.63, 3.8) is 0 Å². The zero-order valence-electron chi connectivity index (χ0n) is 12.5. The van der Waals surface area contributed by atoms with Gasteiger partial charge in [-0.05, 0) is 55.4 Å². The van der Waals surface area contributed by atoms with Crippen molar-refractivity contribution in [1.82, 2.24) is 4.72 Å². The highest BCUT2D eigenvalue weighted by Crippen LogP contribution is 2.28. The minimum atomic E-state index is -3.46. The molecule has 1 fully saturated rings. The first-order valence-electron chi connectivity index (χ1n) is 7.40. The van der Waals surface area contributed by atoms with Gasteiger partial charge in [-0.25, -0.2) is 13.1 Å². The van der Waals surface area contributed by atoms with Crippen molar-refractivity contribution in [2.24, 2.45) is 11.7 Å². The van der Waals surface area contributed by atoms with E-state index in [1.807, 2.05) is 6.92 Å². The van der Waals surface area contributed by atoms with Crippen LogP contribution in [0.4, 0.5) is 0 Å². The second-order valence-corrected chi connectivity index (χ2v) is 7.33. The molecular weight excluding hydrogens is 288 g/mol. The molecule has 0 saturated heterocycles. The van der Waals surface area contributed by atoms with E-state index in [9.17, 15) is 8.42 Å². The minimum Gasteiger partial charge on any atom is -0.381 e. The molecule has 1 aliphatic carbocycles. The summed E-state index contributed by atoms with van der Waals surface area (Å²) in [6.45, 7) is 4.05. The third-order valence-corrected chi connectivity index (χ3v) is 5.12. The Morgan fingerprint density at radius 2 is 2.14 bits per heavy atom. The van der Waals surface area contributed by atoms with Gasteiger partial charge in [0.25, 0.3) is 0 Å². The van der Waals surface area contributed by atoms with E-state index >= 15 is 0 Å². The number of sulfonamides is 1. The molecule has 1 aromatic rings. The molecule has 0 amide bonds. The van der Waals surface area contributed by atoms with Crippen molar-refractivity contribution in [1.29, 1.82) is 0 Å². The fraction of sp³-hybridized carbons (Fsp3) is 0.600. The number of nitrogens with two attached hydrogens (primary N) is 1. The lowest BCUT2D eigenvalue weighted by Crippen LogP contribution is -2.26. The Bertz CT molecular complexity index is 568. The maximum Gasteiger partial charge on any atom is 0.240 e. The topological polar surface area (TPSA) is 81.4 Å². The van der Waals surface area contributed by atoms with Gasteiger partial charge in [-0.2, -0.15) is 0 Å². The number of hydrogen-bond acceptors (Lipinski definition) is 4.